The number of ether oxygens (including phenoxy) is 1. The molecule has 158 valence electrons. The van der Waals surface area contributed by atoms with Gasteiger partial charge in [-0.1, -0.05) is 29.4 Å². The molecule has 4 rings (SSSR count). The van der Waals surface area contributed by atoms with E-state index in [9.17, 15) is 8.42 Å². The molecule has 10 heteroatoms. The molecule has 1 saturated heterocycles. The molecule has 1 fully saturated rings. The van der Waals surface area contributed by atoms with Crippen molar-refractivity contribution >= 4 is 33.2 Å². The maximum absolute atomic E-state index is 11.6. The summed E-state index contributed by atoms with van der Waals surface area (Å²) in [4.78, 5) is 4.09. The third kappa shape index (κ3) is 5.74. The van der Waals surface area contributed by atoms with Crippen molar-refractivity contribution in [3.63, 3.8) is 0 Å². The van der Waals surface area contributed by atoms with Crippen LogP contribution >= 0.6 is 23.4 Å². The Balaban J connectivity index is 1.36. The van der Waals surface area contributed by atoms with Crippen LogP contribution in [0.3, 0.4) is 0 Å². The minimum atomic E-state index is -2.91. The highest BCUT2D eigenvalue weighted by atomic mass is 35.5. The second-order valence-corrected chi connectivity index (χ2v) is 10.7. The molecule has 1 atom stereocenters. The van der Waals surface area contributed by atoms with Crippen LogP contribution in [0.4, 0.5) is 0 Å². The van der Waals surface area contributed by atoms with E-state index in [0.29, 0.717) is 41.3 Å². The summed E-state index contributed by atoms with van der Waals surface area (Å²) >= 11 is 7.55. The minimum absolute atomic E-state index is 0.0497. The van der Waals surface area contributed by atoms with Crippen LogP contribution in [-0.2, 0) is 28.6 Å². The van der Waals surface area contributed by atoms with Gasteiger partial charge in [0.05, 0.1) is 11.5 Å². The van der Waals surface area contributed by atoms with E-state index in [1.54, 1.807) is 18.5 Å². The third-order valence-corrected chi connectivity index (χ3v) is 7.67. The fourth-order valence-electron chi connectivity index (χ4n) is 3.24. The number of thioether (sulfide) groups is 1. The van der Waals surface area contributed by atoms with Crippen molar-refractivity contribution in [2.24, 2.45) is 5.92 Å². The molecule has 0 spiro atoms. The summed E-state index contributed by atoms with van der Waals surface area (Å²) in [6.45, 7) is 0.405. The first-order valence-corrected chi connectivity index (χ1v) is 12.6. The largest absolute Gasteiger partial charge is 0.489 e. The van der Waals surface area contributed by atoms with Gasteiger partial charge in [-0.3, -0.25) is 4.98 Å². The highest BCUT2D eigenvalue weighted by molar-refractivity contribution is 7.98. The average molecular weight is 466 g/mol. The number of nitrogens with zero attached hydrogens (tertiary/aromatic N) is 3. The van der Waals surface area contributed by atoms with E-state index in [-0.39, 0.29) is 17.4 Å². The van der Waals surface area contributed by atoms with Gasteiger partial charge in [-0.05, 0) is 36.6 Å². The van der Waals surface area contributed by atoms with Gasteiger partial charge in [0.2, 0.25) is 5.89 Å². The Kier molecular flexibility index (Phi) is 6.60. The lowest BCUT2D eigenvalue weighted by Gasteiger charge is -2.11. The van der Waals surface area contributed by atoms with Crippen LogP contribution < -0.4 is 4.74 Å². The molecule has 0 saturated carbocycles. The van der Waals surface area contributed by atoms with Gasteiger partial charge in [0, 0.05) is 40.7 Å². The number of aromatic nitrogens is 3. The summed E-state index contributed by atoms with van der Waals surface area (Å²) < 4.78 is 34.8. The quantitative estimate of drug-likeness (QED) is 0.461. The summed E-state index contributed by atoms with van der Waals surface area (Å²) in [6, 6.07) is 9.30. The van der Waals surface area contributed by atoms with E-state index < -0.39 is 9.84 Å². The van der Waals surface area contributed by atoms with Gasteiger partial charge < -0.3 is 9.15 Å². The van der Waals surface area contributed by atoms with E-state index in [0.717, 1.165) is 16.9 Å². The van der Waals surface area contributed by atoms with Crippen LogP contribution in [0, 0.1) is 5.92 Å². The summed E-state index contributed by atoms with van der Waals surface area (Å²) in [6.07, 6.45) is 4.62. The SMILES string of the molecule is O=S1(=O)CC[C@H](Cc2nnc(SCc3cc(Cl)ccc3OCc3cccnc3)o2)C1. The van der Waals surface area contributed by atoms with Gasteiger partial charge in [0.15, 0.2) is 9.84 Å². The predicted molar refractivity (Wildman–Crippen MR) is 114 cm³/mol. The standard InChI is InChI=1S/C20H20ClN3O4S2/c21-17-3-4-18(27-11-15-2-1-6-22-10-15)16(9-17)12-29-20-24-23-19(28-20)8-14-5-7-30(25,26)13-14/h1-4,6,9-10,14H,5,7-8,11-13H2/t14-/m1/s1. The fraction of sp³-hybridized carbons (Fsp3) is 0.350. The summed E-state index contributed by atoms with van der Waals surface area (Å²) in [7, 11) is -2.91. The van der Waals surface area contributed by atoms with E-state index in [4.69, 9.17) is 20.8 Å². The summed E-state index contributed by atoms with van der Waals surface area (Å²) in [5.74, 6) is 2.23. The van der Waals surface area contributed by atoms with Crippen LogP contribution in [0.15, 0.2) is 52.4 Å². The van der Waals surface area contributed by atoms with Gasteiger partial charge in [-0.15, -0.1) is 10.2 Å². The van der Waals surface area contributed by atoms with Crippen molar-refractivity contribution in [1.29, 1.82) is 0 Å². The second-order valence-electron chi connectivity index (χ2n) is 7.13. The zero-order valence-electron chi connectivity index (χ0n) is 16.0. The molecule has 3 heterocycles. The third-order valence-electron chi connectivity index (χ3n) is 4.73. The second kappa shape index (κ2) is 9.36. The molecule has 0 bridgehead atoms. The lowest BCUT2D eigenvalue weighted by Crippen LogP contribution is -2.07. The fourth-order valence-corrected chi connectivity index (χ4v) is 6.06. The van der Waals surface area contributed by atoms with E-state index in [2.05, 4.69) is 15.2 Å². The lowest BCUT2D eigenvalue weighted by atomic mass is 10.1. The minimum Gasteiger partial charge on any atom is -0.489 e. The number of benzene rings is 1. The number of sulfone groups is 1. The number of hydrogen-bond acceptors (Lipinski definition) is 8. The Labute approximate surface area is 184 Å². The van der Waals surface area contributed by atoms with Crippen molar-refractivity contribution in [3.05, 3.63) is 64.8 Å². The maximum Gasteiger partial charge on any atom is 0.276 e. The van der Waals surface area contributed by atoms with Crippen LogP contribution in [0.5, 0.6) is 5.75 Å². The topological polar surface area (TPSA) is 95.2 Å². The highest BCUT2D eigenvalue weighted by Gasteiger charge is 2.29. The van der Waals surface area contributed by atoms with Crippen molar-refractivity contribution in [2.45, 2.75) is 30.4 Å². The molecule has 0 amide bonds. The molecule has 3 aromatic rings. The molecule has 7 nitrogen and oxygen atoms in total. The normalized spacial score (nSPS) is 17.8. The lowest BCUT2D eigenvalue weighted by molar-refractivity contribution is 0.303. The zero-order chi connectivity index (χ0) is 21.0. The Morgan fingerprint density at radius 3 is 2.93 bits per heavy atom. The molecule has 30 heavy (non-hydrogen) atoms. The molecule has 2 aromatic heterocycles. The first-order valence-electron chi connectivity index (χ1n) is 9.42. The Morgan fingerprint density at radius 2 is 2.17 bits per heavy atom. The highest BCUT2D eigenvalue weighted by Crippen LogP contribution is 2.31. The molecule has 0 aliphatic carbocycles. The average Bonchev–Trinajstić information content (AvgIpc) is 3.32. The van der Waals surface area contributed by atoms with Crippen molar-refractivity contribution in [2.75, 3.05) is 11.5 Å². The molecule has 0 radical (unpaired) electrons. The Bertz CT molecular complexity index is 1110. The smallest absolute Gasteiger partial charge is 0.276 e. The Hall–Kier alpha value is -2.10. The van der Waals surface area contributed by atoms with Crippen molar-refractivity contribution in [1.82, 2.24) is 15.2 Å². The maximum atomic E-state index is 11.6. The van der Waals surface area contributed by atoms with Gasteiger partial charge >= 0.3 is 0 Å². The zero-order valence-corrected chi connectivity index (χ0v) is 18.4. The molecular weight excluding hydrogens is 446 g/mol. The molecule has 1 aliphatic heterocycles. The van der Waals surface area contributed by atoms with Crippen molar-refractivity contribution in [3.8, 4) is 5.75 Å². The number of rotatable bonds is 8. The molecule has 1 aliphatic rings. The monoisotopic (exact) mass is 465 g/mol. The van der Waals surface area contributed by atoms with Crippen LogP contribution in [-0.4, -0.2) is 35.1 Å². The van der Waals surface area contributed by atoms with Gasteiger partial charge in [0.25, 0.3) is 5.22 Å². The van der Waals surface area contributed by atoms with Crippen molar-refractivity contribution < 1.29 is 17.6 Å². The van der Waals surface area contributed by atoms with Gasteiger partial charge in [0.1, 0.15) is 12.4 Å². The summed E-state index contributed by atoms with van der Waals surface area (Å²) in [5, 5.41) is 9.18. The summed E-state index contributed by atoms with van der Waals surface area (Å²) in [5.41, 5.74) is 1.89. The van der Waals surface area contributed by atoms with Crippen LogP contribution in [0.2, 0.25) is 5.02 Å². The molecule has 0 unspecified atom stereocenters. The van der Waals surface area contributed by atoms with Gasteiger partial charge in [-0.25, -0.2) is 8.42 Å². The first-order chi connectivity index (χ1) is 14.5. The van der Waals surface area contributed by atoms with E-state index >= 15 is 0 Å². The first kappa shape index (κ1) is 21.1. The van der Waals surface area contributed by atoms with Crippen LogP contribution in [0.25, 0.3) is 0 Å². The van der Waals surface area contributed by atoms with E-state index in [1.807, 2.05) is 24.3 Å². The van der Waals surface area contributed by atoms with Gasteiger partial charge in [-0.2, -0.15) is 0 Å². The molecule has 1 aromatic carbocycles. The molecule has 0 N–H and O–H groups in total. The number of pyridine rings is 1. The predicted octanol–water partition coefficient (Wildman–Crippen LogP) is 3.97. The molecular formula is C20H20ClN3O4S2. The van der Waals surface area contributed by atoms with E-state index in [1.165, 1.54) is 11.8 Å². The number of halogens is 1. The Morgan fingerprint density at radius 1 is 1.27 bits per heavy atom. The number of hydrogen-bond donors (Lipinski definition) is 0. The van der Waals surface area contributed by atoms with Crippen LogP contribution in [0.1, 0.15) is 23.4 Å².